The first-order valence-corrected chi connectivity index (χ1v) is 6.43. The average molecular weight is 274 g/mol. The van der Waals surface area contributed by atoms with Crippen molar-refractivity contribution in [2.24, 2.45) is 4.99 Å². The van der Waals surface area contributed by atoms with E-state index in [-0.39, 0.29) is 18.5 Å². The van der Waals surface area contributed by atoms with Crippen LogP contribution in [-0.4, -0.2) is 65.0 Å². The lowest BCUT2D eigenvalue weighted by atomic mass is 10.4. The predicted molar refractivity (Wildman–Crippen MR) is 75.3 cm³/mol. The fourth-order valence-corrected chi connectivity index (χ4v) is 1.34. The van der Waals surface area contributed by atoms with Gasteiger partial charge in [-0.15, -0.1) is 0 Å². The molecule has 7 nitrogen and oxygen atoms in total. The van der Waals surface area contributed by atoms with Crippen molar-refractivity contribution in [1.82, 2.24) is 16.0 Å². The first-order valence-electron chi connectivity index (χ1n) is 6.43. The molecule has 0 aromatic heterocycles. The zero-order valence-electron chi connectivity index (χ0n) is 12.3. The monoisotopic (exact) mass is 274 g/mol. The van der Waals surface area contributed by atoms with Gasteiger partial charge in [0.05, 0.1) is 13.2 Å². The van der Waals surface area contributed by atoms with Crippen LogP contribution < -0.4 is 16.0 Å². The van der Waals surface area contributed by atoms with Crippen LogP contribution >= 0.6 is 0 Å². The van der Waals surface area contributed by atoms with Gasteiger partial charge in [-0.1, -0.05) is 0 Å². The van der Waals surface area contributed by atoms with Gasteiger partial charge in [0.1, 0.15) is 6.54 Å². The van der Waals surface area contributed by atoms with E-state index in [0.717, 1.165) is 6.54 Å². The summed E-state index contributed by atoms with van der Waals surface area (Å²) < 4.78 is 9.88. The molecular weight excluding hydrogens is 248 g/mol. The average Bonchev–Trinajstić information content (AvgIpc) is 2.37. The van der Waals surface area contributed by atoms with Gasteiger partial charge in [0.25, 0.3) is 0 Å². The number of carbonyl (C=O) groups is 1. The number of guanidine groups is 1. The lowest BCUT2D eigenvalue weighted by Gasteiger charge is -2.16. The molecule has 0 bridgehead atoms. The smallest absolute Gasteiger partial charge is 0.241 e. The highest BCUT2D eigenvalue weighted by atomic mass is 16.5. The van der Waals surface area contributed by atoms with E-state index in [4.69, 9.17) is 9.47 Å². The molecule has 0 aliphatic heterocycles. The minimum atomic E-state index is -0.131. The normalized spacial score (nSPS) is 12.9. The minimum Gasteiger partial charge on any atom is -0.383 e. The van der Waals surface area contributed by atoms with Gasteiger partial charge in [-0.25, -0.2) is 4.99 Å². The number of methoxy groups -OCH3 is 2. The van der Waals surface area contributed by atoms with E-state index in [1.807, 2.05) is 13.8 Å². The summed E-state index contributed by atoms with van der Waals surface area (Å²) in [5.41, 5.74) is 0. The van der Waals surface area contributed by atoms with Crippen molar-refractivity contribution in [3.8, 4) is 0 Å². The zero-order valence-corrected chi connectivity index (χ0v) is 12.3. The molecule has 0 fully saturated rings. The summed E-state index contributed by atoms with van der Waals surface area (Å²) in [5, 5.41) is 8.93. The Morgan fingerprint density at radius 2 is 2.00 bits per heavy atom. The summed E-state index contributed by atoms with van der Waals surface area (Å²) in [6.07, 6.45) is 0. The second-order valence-corrected chi connectivity index (χ2v) is 4.04. The Labute approximate surface area is 115 Å². The maximum atomic E-state index is 11.5. The van der Waals surface area contributed by atoms with Gasteiger partial charge in [-0.3, -0.25) is 4.79 Å². The molecule has 1 unspecified atom stereocenters. The lowest BCUT2D eigenvalue weighted by molar-refractivity contribution is -0.119. The van der Waals surface area contributed by atoms with Crippen LogP contribution in [0.3, 0.4) is 0 Å². The predicted octanol–water partition coefficient (Wildman–Crippen LogP) is -0.661. The molecule has 3 N–H and O–H groups in total. The zero-order chi connectivity index (χ0) is 14.5. The molecule has 0 aliphatic rings. The molecule has 0 rings (SSSR count). The first-order chi connectivity index (χ1) is 9.13. The molecule has 1 amide bonds. The van der Waals surface area contributed by atoms with Crippen LogP contribution in [0.5, 0.6) is 0 Å². The molecule has 0 spiro atoms. The van der Waals surface area contributed by atoms with Crippen LogP contribution in [0.25, 0.3) is 0 Å². The number of nitrogens with one attached hydrogen (secondary N) is 3. The SMILES string of the molecule is CCNC(=NCC(=O)NCCOC)NC(C)COC. The van der Waals surface area contributed by atoms with E-state index in [9.17, 15) is 4.79 Å². The van der Waals surface area contributed by atoms with Crippen molar-refractivity contribution in [2.75, 3.05) is 47.1 Å². The van der Waals surface area contributed by atoms with E-state index in [2.05, 4.69) is 20.9 Å². The lowest BCUT2D eigenvalue weighted by Crippen LogP contribution is -2.44. The fourth-order valence-electron chi connectivity index (χ4n) is 1.34. The number of nitrogens with zero attached hydrogens (tertiary/aromatic N) is 1. The van der Waals surface area contributed by atoms with Crippen molar-refractivity contribution in [3.63, 3.8) is 0 Å². The van der Waals surface area contributed by atoms with Gasteiger partial charge in [0, 0.05) is 33.4 Å². The van der Waals surface area contributed by atoms with Crippen LogP contribution in [0.15, 0.2) is 4.99 Å². The Morgan fingerprint density at radius 1 is 1.26 bits per heavy atom. The topological polar surface area (TPSA) is 84.0 Å². The summed E-state index contributed by atoms with van der Waals surface area (Å²) in [4.78, 5) is 15.7. The third-order valence-electron chi connectivity index (χ3n) is 2.15. The van der Waals surface area contributed by atoms with Crippen LogP contribution in [-0.2, 0) is 14.3 Å². The third-order valence-corrected chi connectivity index (χ3v) is 2.15. The Balaban J connectivity index is 4.13. The van der Waals surface area contributed by atoms with Gasteiger partial charge in [-0.05, 0) is 13.8 Å². The summed E-state index contributed by atoms with van der Waals surface area (Å²) in [6.45, 7) is 6.33. The molecule has 0 aliphatic carbocycles. The number of aliphatic imine (C=N–C) groups is 1. The molecule has 0 aromatic rings. The third kappa shape index (κ3) is 10.3. The summed E-state index contributed by atoms with van der Waals surface area (Å²) in [7, 11) is 3.24. The van der Waals surface area contributed by atoms with Crippen LogP contribution in [0.4, 0.5) is 0 Å². The van der Waals surface area contributed by atoms with E-state index >= 15 is 0 Å². The molecule has 19 heavy (non-hydrogen) atoms. The van der Waals surface area contributed by atoms with Crippen molar-refractivity contribution in [2.45, 2.75) is 19.9 Å². The Morgan fingerprint density at radius 3 is 2.58 bits per heavy atom. The van der Waals surface area contributed by atoms with Gasteiger partial charge in [-0.2, -0.15) is 0 Å². The van der Waals surface area contributed by atoms with Crippen LogP contribution in [0.1, 0.15) is 13.8 Å². The fraction of sp³-hybridized carbons (Fsp3) is 0.833. The second-order valence-electron chi connectivity index (χ2n) is 4.04. The van der Waals surface area contributed by atoms with Crippen molar-refractivity contribution >= 4 is 11.9 Å². The molecular formula is C12H26N4O3. The number of amides is 1. The number of rotatable bonds is 9. The van der Waals surface area contributed by atoms with Crippen LogP contribution in [0.2, 0.25) is 0 Å². The van der Waals surface area contributed by atoms with Crippen molar-refractivity contribution in [3.05, 3.63) is 0 Å². The Bertz CT molecular complexity index is 272. The number of carbonyl (C=O) groups excluding carboxylic acids is 1. The number of hydrogen-bond acceptors (Lipinski definition) is 4. The number of ether oxygens (including phenoxy) is 2. The van der Waals surface area contributed by atoms with E-state index in [1.165, 1.54) is 0 Å². The maximum Gasteiger partial charge on any atom is 0.241 e. The van der Waals surface area contributed by atoms with Crippen LogP contribution in [0, 0.1) is 0 Å². The molecule has 0 radical (unpaired) electrons. The van der Waals surface area contributed by atoms with Gasteiger partial charge >= 0.3 is 0 Å². The second kappa shape index (κ2) is 11.7. The highest BCUT2D eigenvalue weighted by Crippen LogP contribution is 1.83. The summed E-state index contributed by atoms with van der Waals surface area (Å²) in [6, 6.07) is 0.124. The van der Waals surface area contributed by atoms with E-state index in [0.29, 0.717) is 25.7 Å². The van der Waals surface area contributed by atoms with Gasteiger partial charge < -0.3 is 25.4 Å². The summed E-state index contributed by atoms with van der Waals surface area (Å²) in [5.74, 6) is 0.475. The van der Waals surface area contributed by atoms with Crippen molar-refractivity contribution in [1.29, 1.82) is 0 Å². The molecule has 0 saturated heterocycles. The van der Waals surface area contributed by atoms with Gasteiger partial charge in [0.2, 0.25) is 5.91 Å². The van der Waals surface area contributed by atoms with E-state index < -0.39 is 0 Å². The Kier molecular flexibility index (Phi) is 10.9. The summed E-state index contributed by atoms with van der Waals surface area (Å²) >= 11 is 0. The maximum absolute atomic E-state index is 11.5. The minimum absolute atomic E-state index is 0.0821. The highest BCUT2D eigenvalue weighted by molar-refractivity contribution is 5.85. The van der Waals surface area contributed by atoms with Crippen molar-refractivity contribution < 1.29 is 14.3 Å². The molecule has 1 atom stereocenters. The van der Waals surface area contributed by atoms with Gasteiger partial charge in [0.15, 0.2) is 5.96 Å². The molecule has 0 aromatic carbocycles. The number of hydrogen-bond donors (Lipinski definition) is 3. The van der Waals surface area contributed by atoms with E-state index in [1.54, 1.807) is 14.2 Å². The quantitative estimate of drug-likeness (QED) is 0.295. The molecule has 7 heteroatoms. The molecule has 0 saturated carbocycles. The molecule has 112 valence electrons. The first kappa shape index (κ1) is 17.7. The molecule has 0 heterocycles. The highest BCUT2D eigenvalue weighted by Gasteiger charge is 2.05. The standard InChI is InChI=1S/C12H26N4O3/c1-5-13-12(16-10(2)9-19-4)15-8-11(17)14-6-7-18-3/h10H,5-9H2,1-4H3,(H,14,17)(H2,13,15,16). The largest absolute Gasteiger partial charge is 0.383 e. The Hall–Kier alpha value is -1.34.